The largest absolute Gasteiger partial charge is 0.436 e. The van der Waals surface area contributed by atoms with E-state index < -0.39 is 0 Å². The van der Waals surface area contributed by atoms with Gasteiger partial charge in [0, 0.05) is 22.7 Å². The fourth-order valence-electron chi connectivity index (χ4n) is 5.44. The molecule has 0 saturated heterocycles. The number of nitrogens with zero attached hydrogens (tertiary/aromatic N) is 2. The minimum absolute atomic E-state index is 0.656. The molecule has 0 aliphatic rings. The molecule has 0 N–H and O–H groups in total. The lowest BCUT2D eigenvalue weighted by Crippen LogP contribution is -1.90. The Balaban J connectivity index is 1.43. The van der Waals surface area contributed by atoms with Crippen LogP contribution in [0, 0.1) is 0 Å². The van der Waals surface area contributed by atoms with Crippen molar-refractivity contribution in [2.75, 3.05) is 0 Å². The van der Waals surface area contributed by atoms with Crippen LogP contribution in [0.4, 0.5) is 0 Å². The lowest BCUT2D eigenvalue weighted by molar-refractivity contribution is 0.620. The Morgan fingerprint density at radius 2 is 1.20 bits per heavy atom. The molecule has 8 aromatic rings. The summed E-state index contributed by atoms with van der Waals surface area (Å²) in [5, 5.41) is 8.48. The number of pyridine rings is 1. The Kier molecular flexibility index (Phi) is 3.66. The van der Waals surface area contributed by atoms with Crippen molar-refractivity contribution in [1.82, 2.24) is 9.97 Å². The van der Waals surface area contributed by atoms with E-state index in [1.807, 2.05) is 36.5 Å². The average Bonchev–Trinajstić information content (AvgIpc) is 3.35. The summed E-state index contributed by atoms with van der Waals surface area (Å²) in [6, 6.07) is 36.0. The van der Waals surface area contributed by atoms with E-state index in [0.29, 0.717) is 5.89 Å². The molecule has 3 heteroatoms. The van der Waals surface area contributed by atoms with Crippen LogP contribution in [0.2, 0.25) is 0 Å². The van der Waals surface area contributed by atoms with Gasteiger partial charge in [-0.2, -0.15) is 0 Å². The second-order valence-electron chi connectivity index (χ2n) is 9.05. The van der Waals surface area contributed by atoms with Crippen molar-refractivity contribution in [3.05, 3.63) is 109 Å². The highest BCUT2D eigenvalue weighted by molar-refractivity contribution is 6.27. The molecule has 0 radical (unpaired) electrons. The summed E-state index contributed by atoms with van der Waals surface area (Å²) >= 11 is 0. The molecule has 162 valence electrons. The average molecular weight is 447 g/mol. The van der Waals surface area contributed by atoms with Crippen LogP contribution in [0.1, 0.15) is 0 Å². The minimum Gasteiger partial charge on any atom is -0.436 e. The molecule has 8 rings (SSSR count). The second-order valence-corrected chi connectivity index (χ2v) is 9.05. The quantitative estimate of drug-likeness (QED) is 0.250. The number of para-hydroxylation sites is 3. The van der Waals surface area contributed by atoms with Gasteiger partial charge in [0.05, 0.1) is 5.52 Å². The van der Waals surface area contributed by atoms with E-state index in [9.17, 15) is 0 Å². The summed E-state index contributed by atoms with van der Waals surface area (Å²) in [7, 11) is 0. The fourth-order valence-corrected chi connectivity index (χ4v) is 5.44. The molecular formula is C32H18N2O. The van der Waals surface area contributed by atoms with Gasteiger partial charge < -0.3 is 4.42 Å². The summed E-state index contributed by atoms with van der Waals surface area (Å²) < 4.78 is 6.16. The molecule has 0 unspecified atom stereocenters. The third kappa shape index (κ3) is 2.66. The van der Waals surface area contributed by atoms with E-state index in [2.05, 4.69) is 72.8 Å². The standard InChI is InChI=1S/C32H18N2O/c1-2-6-27-21(5-1)17-22(18-33-27)23-13-9-19-11-15-25-26(32-34-28-7-3-4-8-29(28)35-32)16-12-20-10-14-24(23)30(19)31(20)25/h1-18H. The van der Waals surface area contributed by atoms with Crippen LogP contribution in [0.25, 0.3) is 76.9 Å². The number of fused-ring (bicyclic) bond motifs is 2. The number of hydrogen-bond acceptors (Lipinski definition) is 3. The Morgan fingerprint density at radius 3 is 2.00 bits per heavy atom. The maximum absolute atomic E-state index is 6.16. The molecule has 3 nitrogen and oxygen atoms in total. The van der Waals surface area contributed by atoms with Gasteiger partial charge >= 0.3 is 0 Å². The first-order valence-corrected chi connectivity index (χ1v) is 11.8. The first-order chi connectivity index (χ1) is 17.3. The maximum atomic E-state index is 6.16. The van der Waals surface area contributed by atoms with Gasteiger partial charge in [0.25, 0.3) is 0 Å². The van der Waals surface area contributed by atoms with Crippen LogP contribution in [0.3, 0.4) is 0 Å². The summed E-state index contributed by atoms with van der Waals surface area (Å²) in [6.07, 6.45) is 1.98. The van der Waals surface area contributed by atoms with Gasteiger partial charge in [0.15, 0.2) is 5.58 Å². The molecule has 0 atom stereocenters. The van der Waals surface area contributed by atoms with Crippen molar-refractivity contribution in [3.8, 4) is 22.6 Å². The Labute approximate surface area is 200 Å². The molecule has 2 heterocycles. The van der Waals surface area contributed by atoms with E-state index in [0.717, 1.165) is 38.5 Å². The van der Waals surface area contributed by atoms with E-state index in [4.69, 9.17) is 14.4 Å². The summed E-state index contributed by atoms with van der Waals surface area (Å²) in [6.45, 7) is 0. The molecule has 0 spiro atoms. The van der Waals surface area contributed by atoms with Crippen molar-refractivity contribution < 1.29 is 4.42 Å². The van der Waals surface area contributed by atoms with Crippen molar-refractivity contribution in [2.24, 2.45) is 0 Å². The van der Waals surface area contributed by atoms with Crippen LogP contribution >= 0.6 is 0 Å². The summed E-state index contributed by atoms with van der Waals surface area (Å²) in [5.74, 6) is 0.656. The lowest BCUT2D eigenvalue weighted by Gasteiger charge is -2.15. The Bertz CT molecular complexity index is 2040. The topological polar surface area (TPSA) is 38.9 Å². The number of hydrogen-bond donors (Lipinski definition) is 0. The smallest absolute Gasteiger partial charge is 0.227 e. The van der Waals surface area contributed by atoms with Crippen LogP contribution in [0.15, 0.2) is 114 Å². The molecule has 35 heavy (non-hydrogen) atoms. The van der Waals surface area contributed by atoms with Crippen molar-refractivity contribution in [3.63, 3.8) is 0 Å². The third-order valence-corrected chi connectivity index (χ3v) is 7.09. The van der Waals surface area contributed by atoms with Crippen molar-refractivity contribution >= 4 is 54.3 Å². The molecule has 0 aliphatic carbocycles. The van der Waals surface area contributed by atoms with Crippen molar-refractivity contribution in [1.29, 1.82) is 0 Å². The molecule has 0 saturated carbocycles. The molecular weight excluding hydrogens is 428 g/mol. The first kappa shape index (κ1) is 18.6. The number of benzene rings is 6. The number of aromatic nitrogens is 2. The number of rotatable bonds is 2. The highest BCUT2D eigenvalue weighted by Crippen LogP contribution is 2.42. The summed E-state index contributed by atoms with van der Waals surface area (Å²) in [5.41, 5.74) is 6.02. The first-order valence-electron chi connectivity index (χ1n) is 11.8. The van der Waals surface area contributed by atoms with Gasteiger partial charge in [0.1, 0.15) is 5.52 Å². The van der Waals surface area contributed by atoms with E-state index in [-0.39, 0.29) is 0 Å². The molecule has 2 aromatic heterocycles. The molecule has 0 amide bonds. The molecule has 0 fully saturated rings. The van der Waals surface area contributed by atoms with Gasteiger partial charge in [-0.3, -0.25) is 4.98 Å². The zero-order chi connectivity index (χ0) is 22.9. The highest BCUT2D eigenvalue weighted by atomic mass is 16.3. The SMILES string of the molecule is c1ccc2ncc(-c3ccc4ccc5c(-c6nc7ccccc7o6)ccc6ccc3c4c65)cc2c1. The lowest BCUT2D eigenvalue weighted by atomic mass is 9.88. The van der Waals surface area contributed by atoms with E-state index >= 15 is 0 Å². The van der Waals surface area contributed by atoms with Crippen LogP contribution in [-0.2, 0) is 0 Å². The highest BCUT2D eigenvalue weighted by Gasteiger charge is 2.17. The minimum atomic E-state index is 0.656. The molecule has 0 bridgehead atoms. The van der Waals surface area contributed by atoms with Crippen LogP contribution < -0.4 is 0 Å². The zero-order valence-electron chi connectivity index (χ0n) is 18.7. The zero-order valence-corrected chi connectivity index (χ0v) is 18.7. The normalized spacial score (nSPS) is 12.0. The predicted octanol–water partition coefficient (Wildman–Crippen LogP) is 8.61. The second kappa shape index (κ2) is 6.87. The number of oxazole rings is 1. The van der Waals surface area contributed by atoms with Gasteiger partial charge in [0.2, 0.25) is 5.89 Å². The van der Waals surface area contributed by atoms with Gasteiger partial charge in [-0.05, 0) is 68.2 Å². The Morgan fingerprint density at radius 1 is 0.543 bits per heavy atom. The molecule has 0 aliphatic heterocycles. The monoisotopic (exact) mass is 446 g/mol. The fraction of sp³-hybridized carbons (Fsp3) is 0. The van der Waals surface area contributed by atoms with Gasteiger partial charge in [-0.15, -0.1) is 0 Å². The van der Waals surface area contributed by atoms with Crippen LogP contribution in [0.5, 0.6) is 0 Å². The predicted molar refractivity (Wildman–Crippen MR) is 144 cm³/mol. The van der Waals surface area contributed by atoms with Crippen molar-refractivity contribution in [2.45, 2.75) is 0 Å². The summed E-state index contributed by atoms with van der Waals surface area (Å²) in [4.78, 5) is 9.50. The van der Waals surface area contributed by atoms with Gasteiger partial charge in [-0.1, -0.05) is 72.8 Å². The maximum Gasteiger partial charge on any atom is 0.227 e. The molecule has 6 aromatic carbocycles. The third-order valence-electron chi connectivity index (χ3n) is 7.09. The van der Waals surface area contributed by atoms with Crippen LogP contribution in [-0.4, -0.2) is 9.97 Å². The van der Waals surface area contributed by atoms with E-state index in [1.165, 1.54) is 32.5 Å². The van der Waals surface area contributed by atoms with E-state index in [1.54, 1.807) is 0 Å². The van der Waals surface area contributed by atoms with Gasteiger partial charge in [-0.25, -0.2) is 4.98 Å². The Hall–Kier alpha value is -4.76.